The monoisotopic (exact) mass is 293 g/mol. The molecule has 0 aromatic carbocycles. The van der Waals surface area contributed by atoms with Crippen LogP contribution in [0.3, 0.4) is 0 Å². The van der Waals surface area contributed by atoms with Gasteiger partial charge in [-0.3, -0.25) is 0 Å². The maximum absolute atomic E-state index is 11.5. The van der Waals surface area contributed by atoms with E-state index in [-0.39, 0.29) is 5.97 Å². The molecule has 20 heavy (non-hydrogen) atoms. The van der Waals surface area contributed by atoms with Crippen molar-refractivity contribution in [3.05, 3.63) is 18.0 Å². The molecular weight excluding hydrogens is 274 g/mol. The molecule has 2 aliphatic rings. The van der Waals surface area contributed by atoms with E-state index in [9.17, 15) is 4.79 Å². The lowest BCUT2D eigenvalue weighted by Crippen LogP contribution is -2.09. The second-order valence-electron chi connectivity index (χ2n) is 5.33. The van der Waals surface area contributed by atoms with Crippen molar-refractivity contribution in [1.29, 1.82) is 0 Å². The molecule has 1 aromatic heterocycles. The van der Waals surface area contributed by atoms with E-state index >= 15 is 0 Å². The molecule has 1 heterocycles. The van der Waals surface area contributed by atoms with Crippen LogP contribution in [-0.4, -0.2) is 33.1 Å². The van der Waals surface area contributed by atoms with Crippen molar-refractivity contribution >= 4 is 17.7 Å². The fraction of sp³-hybridized carbons (Fsp3) is 0.643. The van der Waals surface area contributed by atoms with E-state index in [0.717, 1.165) is 11.0 Å². The summed E-state index contributed by atoms with van der Waals surface area (Å²) in [6.07, 6.45) is 4.88. The van der Waals surface area contributed by atoms with Crippen molar-refractivity contribution in [2.45, 2.75) is 49.7 Å². The van der Waals surface area contributed by atoms with E-state index in [4.69, 9.17) is 4.74 Å². The van der Waals surface area contributed by atoms with Crippen molar-refractivity contribution in [2.75, 3.05) is 12.4 Å². The van der Waals surface area contributed by atoms with E-state index < -0.39 is 0 Å². The highest BCUT2D eigenvalue weighted by atomic mass is 32.2. The molecule has 2 aliphatic carbocycles. The average Bonchev–Trinajstić information content (AvgIpc) is 3.35. The molecule has 0 unspecified atom stereocenters. The summed E-state index contributed by atoms with van der Waals surface area (Å²) in [5.74, 6) is 1.93. The van der Waals surface area contributed by atoms with Crippen LogP contribution in [0.1, 0.15) is 50.4 Å². The summed E-state index contributed by atoms with van der Waals surface area (Å²) in [4.78, 5) is 11.5. The Balaban J connectivity index is 1.65. The number of nitrogens with zero attached hydrogens (tertiary/aromatic N) is 3. The average molecular weight is 293 g/mol. The van der Waals surface area contributed by atoms with E-state index in [0.29, 0.717) is 29.9 Å². The van der Waals surface area contributed by atoms with Gasteiger partial charge in [0.1, 0.15) is 5.82 Å². The zero-order valence-electron chi connectivity index (χ0n) is 11.7. The number of thioether (sulfide) groups is 1. The predicted octanol–water partition coefficient (Wildman–Crippen LogP) is 2.70. The molecule has 0 aliphatic heterocycles. The van der Waals surface area contributed by atoms with E-state index in [2.05, 4.69) is 21.3 Å². The Hall–Kier alpha value is -1.30. The Kier molecular flexibility index (Phi) is 3.83. The van der Waals surface area contributed by atoms with Crippen LogP contribution in [0.2, 0.25) is 0 Å². The molecule has 0 spiro atoms. The number of aromatic nitrogens is 3. The van der Waals surface area contributed by atoms with Gasteiger partial charge < -0.3 is 9.30 Å². The van der Waals surface area contributed by atoms with Gasteiger partial charge in [-0.05, 0) is 32.6 Å². The minimum Gasteiger partial charge on any atom is -0.463 e. The predicted molar refractivity (Wildman–Crippen MR) is 76.8 cm³/mol. The highest BCUT2D eigenvalue weighted by Gasteiger charge is 2.36. The van der Waals surface area contributed by atoms with Crippen LogP contribution in [0, 0.1) is 0 Å². The first-order valence-electron chi connectivity index (χ1n) is 7.13. The van der Waals surface area contributed by atoms with Crippen molar-refractivity contribution in [1.82, 2.24) is 14.8 Å². The molecule has 2 fully saturated rings. The topological polar surface area (TPSA) is 57.0 Å². The molecule has 108 valence electrons. The Labute approximate surface area is 122 Å². The molecule has 6 heteroatoms. The Bertz CT molecular complexity index is 533. The molecule has 0 N–H and O–H groups in total. The van der Waals surface area contributed by atoms with E-state index in [1.54, 1.807) is 6.92 Å². The summed E-state index contributed by atoms with van der Waals surface area (Å²) in [6, 6.07) is 0.568. The number of rotatable bonds is 7. The zero-order chi connectivity index (χ0) is 14.1. The van der Waals surface area contributed by atoms with Crippen molar-refractivity contribution in [3.8, 4) is 0 Å². The van der Waals surface area contributed by atoms with Crippen LogP contribution >= 0.6 is 11.8 Å². The van der Waals surface area contributed by atoms with Crippen LogP contribution in [0.15, 0.2) is 17.3 Å². The minimum atomic E-state index is -0.320. The van der Waals surface area contributed by atoms with Gasteiger partial charge in [-0.15, -0.1) is 10.2 Å². The molecule has 0 radical (unpaired) electrons. The van der Waals surface area contributed by atoms with Gasteiger partial charge in [0.05, 0.1) is 6.61 Å². The highest BCUT2D eigenvalue weighted by molar-refractivity contribution is 7.99. The van der Waals surface area contributed by atoms with Crippen LogP contribution in [0.5, 0.6) is 0 Å². The van der Waals surface area contributed by atoms with Crippen molar-refractivity contribution in [3.63, 3.8) is 0 Å². The Morgan fingerprint density at radius 3 is 2.75 bits per heavy atom. The van der Waals surface area contributed by atoms with Crippen molar-refractivity contribution < 1.29 is 9.53 Å². The van der Waals surface area contributed by atoms with Gasteiger partial charge in [0, 0.05) is 23.3 Å². The van der Waals surface area contributed by atoms with E-state index in [1.165, 1.54) is 37.4 Å². The first kappa shape index (κ1) is 13.7. The number of hydrogen-bond acceptors (Lipinski definition) is 5. The molecule has 2 saturated carbocycles. The standard InChI is InChI=1S/C14H19N3O2S/c1-3-19-13(18)9(2)8-20-14-16-15-12(10-4-5-10)17(14)11-6-7-11/h10-11H,2-8H2,1H3. The number of carbonyl (C=O) groups excluding carboxylic acids is 1. The van der Waals surface area contributed by atoms with Crippen LogP contribution in [0.4, 0.5) is 0 Å². The van der Waals surface area contributed by atoms with E-state index in [1.807, 2.05) is 0 Å². The molecule has 0 atom stereocenters. The Morgan fingerprint density at radius 1 is 1.40 bits per heavy atom. The summed E-state index contributed by atoms with van der Waals surface area (Å²) < 4.78 is 7.22. The number of ether oxygens (including phenoxy) is 1. The van der Waals surface area contributed by atoms with Crippen LogP contribution in [-0.2, 0) is 9.53 Å². The summed E-state index contributed by atoms with van der Waals surface area (Å²) >= 11 is 1.53. The molecular formula is C14H19N3O2S. The fourth-order valence-corrected chi connectivity index (χ4v) is 3.03. The number of esters is 1. The normalized spacial score (nSPS) is 18.1. The third-order valence-electron chi connectivity index (χ3n) is 3.49. The van der Waals surface area contributed by atoms with Gasteiger partial charge >= 0.3 is 5.97 Å². The lowest BCUT2D eigenvalue weighted by molar-refractivity contribution is -0.138. The molecule has 0 amide bonds. The van der Waals surface area contributed by atoms with Gasteiger partial charge in [-0.25, -0.2) is 4.79 Å². The number of carbonyl (C=O) groups is 1. The third kappa shape index (κ3) is 2.90. The van der Waals surface area contributed by atoms with Crippen LogP contribution < -0.4 is 0 Å². The molecule has 3 rings (SSSR count). The molecule has 1 aromatic rings. The lowest BCUT2D eigenvalue weighted by Gasteiger charge is -2.08. The smallest absolute Gasteiger partial charge is 0.334 e. The highest BCUT2D eigenvalue weighted by Crippen LogP contribution is 2.46. The fourth-order valence-electron chi connectivity index (χ4n) is 2.13. The SMILES string of the molecule is C=C(CSc1nnc(C2CC2)n1C1CC1)C(=O)OCC. The first-order valence-corrected chi connectivity index (χ1v) is 8.11. The Morgan fingerprint density at radius 2 is 2.15 bits per heavy atom. The second-order valence-corrected chi connectivity index (χ2v) is 6.27. The van der Waals surface area contributed by atoms with Gasteiger partial charge in [0.25, 0.3) is 0 Å². The number of hydrogen-bond donors (Lipinski definition) is 0. The molecule has 0 saturated heterocycles. The maximum atomic E-state index is 11.5. The van der Waals surface area contributed by atoms with Gasteiger partial charge in [-0.1, -0.05) is 18.3 Å². The summed E-state index contributed by atoms with van der Waals surface area (Å²) in [5.41, 5.74) is 0.482. The van der Waals surface area contributed by atoms with Crippen LogP contribution in [0.25, 0.3) is 0 Å². The first-order chi connectivity index (χ1) is 9.70. The zero-order valence-corrected chi connectivity index (χ0v) is 12.5. The van der Waals surface area contributed by atoms with Gasteiger partial charge in [0.15, 0.2) is 5.16 Å². The van der Waals surface area contributed by atoms with Gasteiger partial charge in [-0.2, -0.15) is 0 Å². The molecule has 5 nitrogen and oxygen atoms in total. The summed E-state index contributed by atoms with van der Waals surface area (Å²) in [7, 11) is 0. The minimum absolute atomic E-state index is 0.320. The maximum Gasteiger partial charge on any atom is 0.334 e. The largest absolute Gasteiger partial charge is 0.463 e. The quantitative estimate of drug-likeness (QED) is 0.439. The third-order valence-corrected chi connectivity index (χ3v) is 4.51. The van der Waals surface area contributed by atoms with Crippen molar-refractivity contribution in [2.24, 2.45) is 0 Å². The lowest BCUT2D eigenvalue weighted by atomic mass is 10.4. The van der Waals surface area contributed by atoms with Gasteiger partial charge in [0.2, 0.25) is 0 Å². The second kappa shape index (κ2) is 5.60. The summed E-state index contributed by atoms with van der Waals surface area (Å²) in [5, 5.41) is 9.56. The molecule has 0 bridgehead atoms. The summed E-state index contributed by atoms with van der Waals surface area (Å²) in [6.45, 7) is 5.96.